The van der Waals surface area contributed by atoms with E-state index in [0.717, 1.165) is 13.0 Å². The monoisotopic (exact) mass is 270 g/mol. The predicted octanol–water partition coefficient (Wildman–Crippen LogP) is 2.27. The first-order valence-corrected chi connectivity index (χ1v) is 7.01. The molecule has 1 rings (SSSR count). The van der Waals surface area contributed by atoms with Crippen LogP contribution in [0.5, 0.6) is 0 Å². The Hall–Kier alpha value is -1.26. The maximum absolute atomic E-state index is 12.5. The van der Waals surface area contributed by atoms with E-state index in [1.54, 1.807) is 18.7 Å². The summed E-state index contributed by atoms with van der Waals surface area (Å²) < 4.78 is 0. The molecule has 1 aliphatic rings. The minimum atomic E-state index is -1.17. The van der Waals surface area contributed by atoms with Crippen LogP contribution in [0.15, 0.2) is 0 Å². The number of aliphatic carboxylic acids is 1. The van der Waals surface area contributed by atoms with Crippen LogP contribution in [0.25, 0.3) is 0 Å². The maximum Gasteiger partial charge on any atom is 0.329 e. The van der Waals surface area contributed by atoms with Crippen LogP contribution in [-0.2, 0) is 4.79 Å². The number of amides is 2. The van der Waals surface area contributed by atoms with Gasteiger partial charge in [-0.25, -0.2) is 9.59 Å². The first-order chi connectivity index (χ1) is 8.71. The molecule has 1 saturated heterocycles. The van der Waals surface area contributed by atoms with Gasteiger partial charge in [0.25, 0.3) is 0 Å². The Morgan fingerprint density at radius 3 is 2.32 bits per heavy atom. The van der Waals surface area contributed by atoms with Crippen LogP contribution in [0.1, 0.15) is 41.0 Å². The van der Waals surface area contributed by atoms with Crippen molar-refractivity contribution < 1.29 is 14.7 Å². The SMILES string of the molecule is CCN(C(=O)N1CCC(C)C(C)C1)C(C)(C)C(=O)O. The number of nitrogens with zero attached hydrogens (tertiary/aromatic N) is 2. The summed E-state index contributed by atoms with van der Waals surface area (Å²) in [6.07, 6.45) is 0.984. The van der Waals surface area contributed by atoms with E-state index in [0.29, 0.717) is 24.9 Å². The van der Waals surface area contributed by atoms with E-state index in [9.17, 15) is 14.7 Å². The quantitative estimate of drug-likeness (QED) is 0.855. The van der Waals surface area contributed by atoms with Crippen molar-refractivity contribution in [3.63, 3.8) is 0 Å². The fraction of sp³-hybridized carbons (Fsp3) is 0.857. The van der Waals surface area contributed by atoms with Gasteiger partial charge in [0.2, 0.25) is 0 Å². The van der Waals surface area contributed by atoms with Gasteiger partial charge in [-0.2, -0.15) is 0 Å². The molecular formula is C14H26N2O3. The summed E-state index contributed by atoms with van der Waals surface area (Å²) in [5.74, 6) is 0.108. The van der Waals surface area contributed by atoms with E-state index in [1.165, 1.54) is 4.90 Å². The average Bonchev–Trinajstić information content (AvgIpc) is 2.32. The number of urea groups is 1. The third-order valence-corrected chi connectivity index (χ3v) is 4.35. The molecule has 2 atom stereocenters. The zero-order valence-electron chi connectivity index (χ0n) is 12.6. The average molecular weight is 270 g/mol. The Bertz CT molecular complexity index is 355. The van der Waals surface area contributed by atoms with Crippen LogP contribution in [-0.4, -0.2) is 52.1 Å². The smallest absolute Gasteiger partial charge is 0.329 e. The molecule has 19 heavy (non-hydrogen) atoms. The van der Waals surface area contributed by atoms with Gasteiger partial charge in [-0.05, 0) is 39.0 Å². The predicted molar refractivity (Wildman–Crippen MR) is 74.0 cm³/mol. The third-order valence-electron chi connectivity index (χ3n) is 4.35. The summed E-state index contributed by atoms with van der Waals surface area (Å²) in [6, 6.07) is -0.159. The van der Waals surface area contributed by atoms with Crippen molar-refractivity contribution >= 4 is 12.0 Å². The van der Waals surface area contributed by atoms with Gasteiger partial charge in [0.15, 0.2) is 0 Å². The molecule has 0 spiro atoms. The summed E-state index contributed by atoms with van der Waals surface area (Å²) in [5, 5.41) is 9.27. The number of carboxylic acids is 1. The van der Waals surface area contributed by atoms with Crippen molar-refractivity contribution in [2.24, 2.45) is 11.8 Å². The first kappa shape index (κ1) is 15.8. The van der Waals surface area contributed by atoms with Crippen LogP contribution in [0.2, 0.25) is 0 Å². The molecular weight excluding hydrogens is 244 g/mol. The van der Waals surface area contributed by atoms with Crippen molar-refractivity contribution in [2.45, 2.75) is 46.6 Å². The second kappa shape index (κ2) is 5.80. The van der Waals surface area contributed by atoms with Gasteiger partial charge in [-0.3, -0.25) is 0 Å². The lowest BCUT2D eigenvalue weighted by molar-refractivity contribution is -0.147. The van der Waals surface area contributed by atoms with Gasteiger partial charge in [0, 0.05) is 19.6 Å². The highest BCUT2D eigenvalue weighted by atomic mass is 16.4. The second-order valence-electron chi connectivity index (χ2n) is 6.08. The summed E-state index contributed by atoms with van der Waals surface area (Å²) >= 11 is 0. The van der Waals surface area contributed by atoms with Gasteiger partial charge in [0.05, 0.1) is 0 Å². The van der Waals surface area contributed by atoms with Gasteiger partial charge in [-0.1, -0.05) is 13.8 Å². The van der Waals surface area contributed by atoms with E-state index >= 15 is 0 Å². The fourth-order valence-electron chi connectivity index (χ4n) is 2.49. The standard InChI is InChI=1S/C14H26N2O3/c1-6-16(14(4,5)12(17)18)13(19)15-8-7-10(2)11(3)9-15/h10-11H,6-9H2,1-5H3,(H,17,18). The maximum atomic E-state index is 12.5. The highest BCUT2D eigenvalue weighted by Crippen LogP contribution is 2.25. The minimum Gasteiger partial charge on any atom is -0.480 e. The Kier molecular flexibility index (Phi) is 4.82. The van der Waals surface area contributed by atoms with E-state index in [2.05, 4.69) is 13.8 Å². The summed E-state index contributed by atoms with van der Waals surface area (Å²) in [6.45, 7) is 11.1. The number of hydrogen-bond acceptors (Lipinski definition) is 2. The Morgan fingerprint density at radius 2 is 1.89 bits per heavy atom. The molecule has 1 fully saturated rings. The van der Waals surface area contributed by atoms with Crippen LogP contribution >= 0.6 is 0 Å². The lowest BCUT2D eigenvalue weighted by Gasteiger charge is -2.42. The zero-order valence-corrected chi connectivity index (χ0v) is 12.6. The molecule has 2 unspecified atom stereocenters. The van der Waals surface area contributed by atoms with Crippen LogP contribution in [0.4, 0.5) is 4.79 Å². The molecule has 0 bridgehead atoms. The van der Waals surface area contributed by atoms with E-state index in [-0.39, 0.29) is 6.03 Å². The van der Waals surface area contributed by atoms with Crippen molar-refractivity contribution in [3.05, 3.63) is 0 Å². The van der Waals surface area contributed by atoms with E-state index in [4.69, 9.17) is 0 Å². The molecule has 1 aliphatic heterocycles. The molecule has 0 aromatic heterocycles. The molecule has 0 aliphatic carbocycles. The molecule has 1 N–H and O–H groups in total. The topological polar surface area (TPSA) is 60.9 Å². The fourth-order valence-corrected chi connectivity index (χ4v) is 2.49. The lowest BCUT2D eigenvalue weighted by Crippen LogP contribution is -2.58. The number of piperidine rings is 1. The van der Waals surface area contributed by atoms with Crippen molar-refractivity contribution in [1.82, 2.24) is 9.80 Å². The van der Waals surface area contributed by atoms with Gasteiger partial charge >= 0.3 is 12.0 Å². The summed E-state index contributed by atoms with van der Waals surface area (Å²) in [5.41, 5.74) is -1.17. The van der Waals surface area contributed by atoms with Crippen molar-refractivity contribution in [2.75, 3.05) is 19.6 Å². The molecule has 5 heteroatoms. The molecule has 1 heterocycles. The molecule has 0 aromatic rings. The number of carbonyl (C=O) groups is 2. The Balaban J connectivity index is 2.83. The molecule has 0 aromatic carbocycles. The van der Waals surface area contributed by atoms with Crippen molar-refractivity contribution in [1.29, 1.82) is 0 Å². The largest absolute Gasteiger partial charge is 0.480 e. The molecule has 0 saturated carbocycles. The lowest BCUT2D eigenvalue weighted by atomic mass is 9.89. The highest BCUT2D eigenvalue weighted by molar-refractivity contribution is 5.85. The molecule has 2 amide bonds. The third kappa shape index (κ3) is 3.19. The second-order valence-corrected chi connectivity index (χ2v) is 6.08. The van der Waals surface area contributed by atoms with E-state index in [1.807, 2.05) is 6.92 Å². The number of carboxylic acid groups (broad SMARTS) is 1. The van der Waals surface area contributed by atoms with Crippen LogP contribution in [0, 0.1) is 11.8 Å². The summed E-state index contributed by atoms with van der Waals surface area (Å²) in [7, 11) is 0. The Morgan fingerprint density at radius 1 is 1.32 bits per heavy atom. The van der Waals surface area contributed by atoms with Gasteiger partial charge < -0.3 is 14.9 Å². The number of hydrogen-bond donors (Lipinski definition) is 1. The van der Waals surface area contributed by atoms with Gasteiger partial charge in [-0.15, -0.1) is 0 Å². The van der Waals surface area contributed by atoms with Crippen molar-refractivity contribution in [3.8, 4) is 0 Å². The molecule has 110 valence electrons. The first-order valence-electron chi connectivity index (χ1n) is 7.01. The van der Waals surface area contributed by atoms with Crippen LogP contribution < -0.4 is 0 Å². The Labute approximate surface area is 115 Å². The number of carbonyl (C=O) groups excluding carboxylic acids is 1. The molecule has 0 radical (unpaired) electrons. The number of likely N-dealkylation sites (N-methyl/N-ethyl adjacent to an activating group) is 1. The normalized spacial score (nSPS) is 24.2. The van der Waals surface area contributed by atoms with E-state index < -0.39 is 11.5 Å². The highest BCUT2D eigenvalue weighted by Gasteiger charge is 2.39. The van der Waals surface area contributed by atoms with Crippen LogP contribution in [0.3, 0.4) is 0 Å². The number of rotatable bonds is 3. The molecule has 5 nitrogen and oxygen atoms in total. The minimum absolute atomic E-state index is 0.159. The zero-order chi connectivity index (χ0) is 14.8. The number of likely N-dealkylation sites (tertiary alicyclic amines) is 1. The summed E-state index contributed by atoms with van der Waals surface area (Å²) in [4.78, 5) is 27.1. The van der Waals surface area contributed by atoms with Gasteiger partial charge in [0.1, 0.15) is 5.54 Å².